The molecule has 2 N–H and O–H groups in total. The molecule has 1 aromatic heterocycles. The van der Waals surface area contributed by atoms with Crippen molar-refractivity contribution in [2.75, 3.05) is 13.2 Å². The number of rotatable bonds is 7. The first-order valence-corrected chi connectivity index (χ1v) is 6.16. The van der Waals surface area contributed by atoms with Gasteiger partial charge in [-0.3, -0.25) is 4.68 Å². The smallest absolute Gasteiger partial charge is 0.335 e. The van der Waals surface area contributed by atoms with Crippen LogP contribution in [0.25, 0.3) is 0 Å². The Hall–Kier alpha value is -2.41. The van der Waals surface area contributed by atoms with Gasteiger partial charge < -0.3 is 15.2 Å². The molecular formula is C13H16N4O3. The largest absolute Gasteiger partial charge is 0.492 e. The van der Waals surface area contributed by atoms with Gasteiger partial charge in [0.25, 0.3) is 0 Å². The van der Waals surface area contributed by atoms with E-state index in [0.717, 1.165) is 5.82 Å². The van der Waals surface area contributed by atoms with Crippen molar-refractivity contribution < 1.29 is 14.6 Å². The van der Waals surface area contributed by atoms with E-state index in [-0.39, 0.29) is 5.56 Å². The van der Waals surface area contributed by atoms with Gasteiger partial charge in [-0.25, -0.2) is 9.78 Å². The Morgan fingerprint density at radius 2 is 2.15 bits per heavy atom. The number of aromatic nitrogens is 3. The van der Waals surface area contributed by atoms with Crippen LogP contribution in [0.3, 0.4) is 0 Å². The van der Waals surface area contributed by atoms with Gasteiger partial charge in [-0.05, 0) is 24.3 Å². The zero-order chi connectivity index (χ0) is 14.4. The molecule has 20 heavy (non-hydrogen) atoms. The van der Waals surface area contributed by atoms with Crippen molar-refractivity contribution >= 4 is 5.97 Å². The van der Waals surface area contributed by atoms with Crippen LogP contribution in [0.4, 0.5) is 0 Å². The van der Waals surface area contributed by atoms with Crippen molar-refractivity contribution in [1.82, 2.24) is 20.1 Å². The Labute approximate surface area is 116 Å². The maximum Gasteiger partial charge on any atom is 0.335 e. The van der Waals surface area contributed by atoms with Crippen LogP contribution in [0.15, 0.2) is 30.6 Å². The molecule has 0 aliphatic heterocycles. The lowest BCUT2D eigenvalue weighted by Crippen LogP contribution is -2.21. The van der Waals surface area contributed by atoms with Crippen LogP contribution >= 0.6 is 0 Å². The summed E-state index contributed by atoms with van der Waals surface area (Å²) in [5, 5.41) is 16.1. The van der Waals surface area contributed by atoms with Crippen molar-refractivity contribution in [2.45, 2.75) is 6.54 Å². The molecule has 7 nitrogen and oxygen atoms in total. The fourth-order valence-corrected chi connectivity index (χ4v) is 1.60. The van der Waals surface area contributed by atoms with E-state index in [9.17, 15) is 4.79 Å². The summed E-state index contributed by atoms with van der Waals surface area (Å²) < 4.78 is 7.13. The Bertz CT molecular complexity index is 565. The molecule has 0 amide bonds. The standard InChI is InChI=1S/C13H16N4O3/c1-17-9-15-12(16-17)8-14-6-7-20-11-4-2-10(3-5-11)13(18)19/h2-5,9,14H,6-8H2,1H3,(H,18,19). The molecule has 2 rings (SSSR count). The van der Waals surface area contributed by atoms with Crippen LogP contribution in [0.2, 0.25) is 0 Å². The number of carbonyl (C=O) groups is 1. The van der Waals surface area contributed by atoms with E-state index in [0.29, 0.717) is 25.4 Å². The van der Waals surface area contributed by atoms with Crippen LogP contribution in [-0.2, 0) is 13.6 Å². The van der Waals surface area contributed by atoms with Gasteiger partial charge in [0.1, 0.15) is 18.7 Å². The number of carboxylic acid groups (broad SMARTS) is 1. The highest BCUT2D eigenvalue weighted by molar-refractivity contribution is 5.87. The van der Waals surface area contributed by atoms with Gasteiger partial charge in [0, 0.05) is 13.6 Å². The van der Waals surface area contributed by atoms with E-state index in [1.54, 1.807) is 23.1 Å². The van der Waals surface area contributed by atoms with Crippen LogP contribution in [0.5, 0.6) is 5.75 Å². The summed E-state index contributed by atoms with van der Waals surface area (Å²) >= 11 is 0. The van der Waals surface area contributed by atoms with Gasteiger partial charge in [-0.15, -0.1) is 0 Å². The lowest BCUT2D eigenvalue weighted by Gasteiger charge is -2.06. The zero-order valence-electron chi connectivity index (χ0n) is 11.1. The van der Waals surface area contributed by atoms with Crippen molar-refractivity contribution in [3.05, 3.63) is 42.0 Å². The highest BCUT2D eigenvalue weighted by Gasteiger charge is 2.02. The lowest BCUT2D eigenvalue weighted by molar-refractivity contribution is 0.0697. The summed E-state index contributed by atoms with van der Waals surface area (Å²) in [4.78, 5) is 14.8. The Kier molecular flexibility index (Phi) is 4.67. The van der Waals surface area contributed by atoms with E-state index < -0.39 is 5.97 Å². The van der Waals surface area contributed by atoms with E-state index in [2.05, 4.69) is 15.4 Å². The summed E-state index contributed by atoms with van der Waals surface area (Å²) in [6.45, 7) is 1.72. The van der Waals surface area contributed by atoms with Crippen molar-refractivity contribution in [1.29, 1.82) is 0 Å². The third-order valence-electron chi connectivity index (χ3n) is 2.58. The minimum absolute atomic E-state index is 0.247. The molecule has 0 saturated carbocycles. The summed E-state index contributed by atoms with van der Waals surface area (Å²) in [5.74, 6) is 0.437. The van der Waals surface area contributed by atoms with Crippen LogP contribution in [-0.4, -0.2) is 39.0 Å². The molecule has 0 bridgehead atoms. The number of aromatic carboxylic acids is 1. The summed E-state index contributed by atoms with van der Waals surface area (Å²) in [5.41, 5.74) is 0.247. The molecule has 0 fully saturated rings. The first kappa shape index (κ1) is 14.0. The predicted molar refractivity (Wildman–Crippen MR) is 71.6 cm³/mol. The van der Waals surface area contributed by atoms with Gasteiger partial charge in [0.2, 0.25) is 0 Å². The normalized spacial score (nSPS) is 10.4. The maximum atomic E-state index is 10.7. The number of benzene rings is 1. The molecule has 0 aliphatic rings. The minimum Gasteiger partial charge on any atom is -0.492 e. The number of aryl methyl sites for hydroxylation is 1. The molecule has 1 heterocycles. The molecule has 1 aromatic carbocycles. The second kappa shape index (κ2) is 6.67. The third kappa shape index (κ3) is 4.06. The monoisotopic (exact) mass is 276 g/mol. The Morgan fingerprint density at radius 3 is 2.75 bits per heavy atom. The summed E-state index contributed by atoms with van der Waals surface area (Å²) in [6, 6.07) is 6.32. The number of nitrogens with one attached hydrogen (secondary N) is 1. The first-order valence-electron chi connectivity index (χ1n) is 6.16. The predicted octanol–water partition coefficient (Wildman–Crippen LogP) is 0.682. The summed E-state index contributed by atoms with van der Waals surface area (Å²) in [6.07, 6.45) is 1.65. The Balaban J connectivity index is 1.66. The lowest BCUT2D eigenvalue weighted by atomic mass is 10.2. The second-order valence-corrected chi connectivity index (χ2v) is 4.19. The van der Waals surface area contributed by atoms with E-state index >= 15 is 0 Å². The average Bonchev–Trinajstić information content (AvgIpc) is 2.84. The molecule has 0 spiro atoms. The van der Waals surface area contributed by atoms with Crippen molar-refractivity contribution in [2.24, 2.45) is 7.05 Å². The summed E-state index contributed by atoms with van der Waals surface area (Å²) in [7, 11) is 1.82. The van der Waals surface area contributed by atoms with Crippen LogP contribution in [0.1, 0.15) is 16.2 Å². The third-order valence-corrected chi connectivity index (χ3v) is 2.58. The Morgan fingerprint density at radius 1 is 1.40 bits per heavy atom. The highest BCUT2D eigenvalue weighted by Crippen LogP contribution is 2.11. The SMILES string of the molecule is Cn1cnc(CNCCOc2ccc(C(=O)O)cc2)n1. The fourth-order valence-electron chi connectivity index (χ4n) is 1.60. The molecule has 0 aliphatic carbocycles. The fraction of sp³-hybridized carbons (Fsp3) is 0.308. The van der Waals surface area contributed by atoms with Crippen molar-refractivity contribution in [3.8, 4) is 5.75 Å². The number of nitrogens with zero attached hydrogens (tertiary/aromatic N) is 3. The van der Waals surface area contributed by atoms with Gasteiger partial charge in [-0.1, -0.05) is 0 Å². The van der Waals surface area contributed by atoms with Gasteiger partial charge in [0.15, 0.2) is 5.82 Å². The maximum absolute atomic E-state index is 10.7. The quantitative estimate of drug-likeness (QED) is 0.723. The molecule has 0 saturated heterocycles. The highest BCUT2D eigenvalue weighted by atomic mass is 16.5. The molecule has 0 unspecified atom stereocenters. The van der Waals surface area contributed by atoms with Gasteiger partial charge in [0.05, 0.1) is 12.1 Å². The van der Waals surface area contributed by atoms with Crippen molar-refractivity contribution in [3.63, 3.8) is 0 Å². The van der Waals surface area contributed by atoms with Crippen LogP contribution in [0, 0.1) is 0 Å². The molecule has 106 valence electrons. The molecule has 0 atom stereocenters. The first-order chi connectivity index (χ1) is 9.65. The number of carboxylic acids is 1. The topological polar surface area (TPSA) is 89.3 Å². The molecule has 2 aromatic rings. The number of ether oxygens (including phenoxy) is 1. The van der Waals surface area contributed by atoms with Gasteiger partial charge >= 0.3 is 5.97 Å². The van der Waals surface area contributed by atoms with Crippen LogP contribution < -0.4 is 10.1 Å². The van der Waals surface area contributed by atoms with E-state index in [4.69, 9.17) is 9.84 Å². The molecule has 7 heteroatoms. The number of hydrogen-bond acceptors (Lipinski definition) is 5. The number of hydrogen-bond donors (Lipinski definition) is 2. The van der Waals surface area contributed by atoms with E-state index in [1.165, 1.54) is 12.1 Å². The minimum atomic E-state index is -0.943. The zero-order valence-corrected chi connectivity index (χ0v) is 11.1. The second-order valence-electron chi connectivity index (χ2n) is 4.19. The van der Waals surface area contributed by atoms with E-state index in [1.807, 2.05) is 7.05 Å². The van der Waals surface area contributed by atoms with Gasteiger partial charge in [-0.2, -0.15) is 5.10 Å². The molecule has 0 radical (unpaired) electrons. The average molecular weight is 276 g/mol. The molecular weight excluding hydrogens is 260 g/mol.